The van der Waals surface area contributed by atoms with Gasteiger partial charge in [-0.25, -0.2) is 12.7 Å². The Hall–Kier alpha value is -1.81. The lowest BCUT2D eigenvalue weighted by molar-refractivity contribution is 0.309. The molecule has 3 heterocycles. The topological polar surface area (TPSA) is 80.5 Å². The molecular weight excluding hydrogens is 406 g/mol. The standard InChI is InChI=1S/C17H18ClN5O2S2/c1-27(24,25)22-10-2-3-13(11-22)16-19-20-17-23(16)21-15(26-17)9-6-12-4-7-14(18)8-5-12/h4-9,13H,2-3,10-11H2,1H3. The third kappa shape index (κ3) is 4.06. The molecule has 7 nitrogen and oxygen atoms in total. The van der Waals surface area contributed by atoms with E-state index in [1.165, 1.54) is 21.9 Å². The van der Waals surface area contributed by atoms with E-state index in [4.69, 9.17) is 11.6 Å². The van der Waals surface area contributed by atoms with Crippen molar-refractivity contribution in [2.24, 2.45) is 0 Å². The van der Waals surface area contributed by atoms with Gasteiger partial charge in [0.2, 0.25) is 15.0 Å². The van der Waals surface area contributed by atoms with Gasteiger partial charge in [-0.15, -0.1) is 10.2 Å². The van der Waals surface area contributed by atoms with Gasteiger partial charge >= 0.3 is 0 Å². The van der Waals surface area contributed by atoms with Crippen molar-refractivity contribution in [2.75, 3.05) is 19.3 Å². The van der Waals surface area contributed by atoms with Crippen LogP contribution in [0, 0.1) is 0 Å². The number of nitrogens with zero attached hydrogens (tertiary/aromatic N) is 5. The lowest BCUT2D eigenvalue weighted by atomic mass is 9.99. The Morgan fingerprint density at radius 1 is 1.22 bits per heavy atom. The molecule has 27 heavy (non-hydrogen) atoms. The lowest BCUT2D eigenvalue weighted by Gasteiger charge is -2.29. The normalized spacial score (nSPS) is 19.3. The molecule has 142 valence electrons. The van der Waals surface area contributed by atoms with Gasteiger partial charge in [0, 0.05) is 24.0 Å². The highest BCUT2D eigenvalue weighted by Crippen LogP contribution is 2.28. The number of piperidine rings is 1. The summed E-state index contributed by atoms with van der Waals surface area (Å²) in [6.07, 6.45) is 6.82. The zero-order valence-corrected chi connectivity index (χ0v) is 17.0. The number of halogens is 1. The van der Waals surface area contributed by atoms with Crippen molar-refractivity contribution in [3.63, 3.8) is 0 Å². The number of hydrogen-bond acceptors (Lipinski definition) is 6. The molecule has 1 aliphatic rings. The number of sulfonamides is 1. The van der Waals surface area contributed by atoms with Crippen LogP contribution in [0.1, 0.15) is 35.2 Å². The highest BCUT2D eigenvalue weighted by molar-refractivity contribution is 7.88. The summed E-state index contributed by atoms with van der Waals surface area (Å²) in [4.78, 5) is 0.706. The van der Waals surface area contributed by atoms with Crippen molar-refractivity contribution < 1.29 is 8.42 Å². The summed E-state index contributed by atoms with van der Waals surface area (Å²) >= 11 is 7.35. The van der Waals surface area contributed by atoms with Crippen molar-refractivity contribution >= 4 is 50.1 Å². The van der Waals surface area contributed by atoms with Crippen molar-refractivity contribution in [2.45, 2.75) is 18.8 Å². The average Bonchev–Trinajstić information content (AvgIpc) is 3.21. The van der Waals surface area contributed by atoms with Crippen LogP contribution in [0.3, 0.4) is 0 Å². The predicted molar refractivity (Wildman–Crippen MR) is 107 cm³/mol. The van der Waals surface area contributed by atoms with E-state index in [9.17, 15) is 8.42 Å². The van der Waals surface area contributed by atoms with Crippen LogP contribution in [-0.4, -0.2) is 51.9 Å². The number of aromatic nitrogens is 4. The summed E-state index contributed by atoms with van der Waals surface area (Å²) in [6.45, 7) is 0.983. The van der Waals surface area contributed by atoms with Gasteiger partial charge in [0.15, 0.2) is 5.82 Å². The maximum Gasteiger partial charge on any atom is 0.234 e. The number of fused-ring (bicyclic) bond motifs is 1. The van der Waals surface area contributed by atoms with E-state index >= 15 is 0 Å². The summed E-state index contributed by atoms with van der Waals surface area (Å²) in [7, 11) is -3.20. The SMILES string of the molecule is CS(=O)(=O)N1CCCC(c2nnc3sc(C=Cc4ccc(Cl)cc4)nn23)C1. The minimum atomic E-state index is -3.20. The van der Waals surface area contributed by atoms with E-state index in [-0.39, 0.29) is 5.92 Å². The molecule has 3 aromatic rings. The van der Waals surface area contributed by atoms with Gasteiger partial charge < -0.3 is 0 Å². The molecule has 1 aliphatic heterocycles. The predicted octanol–water partition coefficient (Wildman–Crippen LogP) is 3.15. The number of hydrogen-bond donors (Lipinski definition) is 0. The second kappa shape index (κ2) is 7.31. The molecule has 0 N–H and O–H groups in total. The molecule has 1 saturated heterocycles. The molecule has 10 heteroatoms. The summed E-state index contributed by atoms with van der Waals surface area (Å²) in [5.74, 6) is 0.722. The Morgan fingerprint density at radius 3 is 2.74 bits per heavy atom. The fourth-order valence-corrected chi connectivity index (χ4v) is 4.95. The average molecular weight is 424 g/mol. The second-order valence-electron chi connectivity index (χ2n) is 6.54. The zero-order valence-electron chi connectivity index (χ0n) is 14.6. The van der Waals surface area contributed by atoms with Crippen molar-refractivity contribution in [3.05, 3.63) is 45.7 Å². The minimum Gasteiger partial charge on any atom is -0.213 e. The molecule has 0 saturated carbocycles. The van der Waals surface area contributed by atoms with Gasteiger partial charge in [-0.1, -0.05) is 41.1 Å². The van der Waals surface area contributed by atoms with Crippen LogP contribution in [-0.2, 0) is 10.0 Å². The molecule has 0 bridgehead atoms. The first kappa shape index (κ1) is 18.5. The van der Waals surface area contributed by atoms with Gasteiger partial charge in [0.1, 0.15) is 5.01 Å². The lowest BCUT2D eigenvalue weighted by Crippen LogP contribution is -2.38. The van der Waals surface area contributed by atoms with Gasteiger partial charge in [-0.2, -0.15) is 9.61 Å². The smallest absolute Gasteiger partial charge is 0.213 e. The van der Waals surface area contributed by atoms with Crippen LogP contribution in [0.25, 0.3) is 17.1 Å². The first-order valence-corrected chi connectivity index (χ1v) is 11.6. The van der Waals surface area contributed by atoms with Crippen LogP contribution >= 0.6 is 22.9 Å². The maximum atomic E-state index is 11.9. The van der Waals surface area contributed by atoms with Crippen molar-refractivity contribution in [1.29, 1.82) is 0 Å². The zero-order chi connectivity index (χ0) is 19.0. The van der Waals surface area contributed by atoms with E-state index in [2.05, 4.69) is 15.3 Å². The Morgan fingerprint density at radius 2 is 2.00 bits per heavy atom. The van der Waals surface area contributed by atoms with E-state index in [0.717, 1.165) is 29.2 Å². The summed E-state index contributed by atoms with van der Waals surface area (Å²) < 4.78 is 27.0. The third-order valence-electron chi connectivity index (χ3n) is 4.54. The van der Waals surface area contributed by atoms with Gasteiger partial charge in [0.05, 0.1) is 6.26 Å². The second-order valence-corrected chi connectivity index (χ2v) is 9.94. The number of benzene rings is 1. The van der Waals surface area contributed by atoms with Crippen LogP contribution in [0.15, 0.2) is 24.3 Å². The fraction of sp³-hybridized carbons (Fsp3) is 0.353. The van der Waals surface area contributed by atoms with E-state index < -0.39 is 10.0 Å². The molecule has 0 radical (unpaired) electrons. The quantitative estimate of drug-likeness (QED) is 0.643. The van der Waals surface area contributed by atoms with Crippen molar-refractivity contribution in [3.8, 4) is 0 Å². The molecule has 0 amide bonds. The Labute approximate surface area is 166 Å². The largest absolute Gasteiger partial charge is 0.234 e. The third-order valence-corrected chi connectivity index (χ3v) is 6.92. The monoisotopic (exact) mass is 423 g/mol. The van der Waals surface area contributed by atoms with Gasteiger partial charge in [0.25, 0.3) is 0 Å². The molecule has 2 aromatic heterocycles. The summed E-state index contributed by atoms with van der Waals surface area (Å²) in [6, 6.07) is 7.56. The fourth-order valence-electron chi connectivity index (χ4n) is 3.16. The molecule has 0 spiro atoms. The first-order chi connectivity index (χ1) is 12.9. The maximum absolute atomic E-state index is 11.9. The molecule has 0 aliphatic carbocycles. The molecule has 4 rings (SSSR count). The summed E-state index contributed by atoms with van der Waals surface area (Å²) in [5.41, 5.74) is 1.03. The Bertz CT molecular complexity index is 1090. The molecule has 1 atom stereocenters. The Kier molecular flexibility index (Phi) is 5.02. The number of rotatable bonds is 4. The van der Waals surface area contributed by atoms with E-state index in [1.807, 2.05) is 36.4 Å². The van der Waals surface area contributed by atoms with E-state index in [0.29, 0.717) is 23.1 Å². The minimum absolute atomic E-state index is 0.00123. The Balaban J connectivity index is 1.58. The first-order valence-electron chi connectivity index (χ1n) is 8.51. The molecule has 1 aromatic carbocycles. The van der Waals surface area contributed by atoms with Gasteiger partial charge in [-0.05, 0) is 36.6 Å². The molecule has 1 unspecified atom stereocenters. The van der Waals surface area contributed by atoms with E-state index in [1.54, 1.807) is 4.52 Å². The van der Waals surface area contributed by atoms with Crippen LogP contribution < -0.4 is 0 Å². The van der Waals surface area contributed by atoms with Crippen LogP contribution in [0.4, 0.5) is 0 Å². The molecule has 1 fully saturated rings. The molecular formula is C17H18ClN5O2S2. The van der Waals surface area contributed by atoms with Crippen molar-refractivity contribution in [1.82, 2.24) is 24.1 Å². The van der Waals surface area contributed by atoms with Gasteiger partial charge in [-0.3, -0.25) is 0 Å². The highest BCUT2D eigenvalue weighted by Gasteiger charge is 2.30. The van der Waals surface area contributed by atoms with Crippen LogP contribution in [0.5, 0.6) is 0 Å². The summed E-state index contributed by atoms with van der Waals surface area (Å²) in [5, 5.41) is 14.6. The van der Waals surface area contributed by atoms with Crippen LogP contribution in [0.2, 0.25) is 5.02 Å². The highest BCUT2D eigenvalue weighted by atomic mass is 35.5.